The number of allylic oxidation sites excluding steroid dienone is 2. The van der Waals surface area contributed by atoms with E-state index in [-0.39, 0.29) is 24.1 Å². The molecule has 4 heterocycles. The molecule has 1 amide bonds. The van der Waals surface area contributed by atoms with Crippen molar-refractivity contribution in [2.45, 2.75) is 65.1 Å². The smallest absolute Gasteiger partial charge is 0.332 e. The third-order valence-electron chi connectivity index (χ3n) is 6.63. The van der Waals surface area contributed by atoms with Gasteiger partial charge in [0.05, 0.1) is 0 Å². The van der Waals surface area contributed by atoms with Gasteiger partial charge in [-0.05, 0) is 46.0 Å². The van der Waals surface area contributed by atoms with Gasteiger partial charge < -0.3 is 20.1 Å². The zero-order chi connectivity index (χ0) is 23.7. The highest BCUT2D eigenvalue weighted by atomic mass is 16.2. The Hall–Kier alpha value is -2.88. The van der Waals surface area contributed by atoms with E-state index in [4.69, 9.17) is 10.7 Å². The zero-order valence-corrected chi connectivity index (χ0v) is 19.9. The molecule has 10 nitrogen and oxygen atoms in total. The molecule has 2 aromatic heterocycles. The van der Waals surface area contributed by atoms with E-state index in [1.807, 2.05) is 24.5 Å². The number of imidazole rings is 1. The Bertz CT molecular complexity index is 1180. The Labute approximate surface area is 193 Å². The first kappa shape index (κ1) is 23.3. The molecule has 2 saturated heterocycles. The number of fused-ring (bicyclic) bond motifs is 1. The molecule has 1 unspecified atom stereocenters. The molecule has 10 heteroatoms. The molecule has 2 aliphatic heterocycles. The van der Waals surface area contributed by atoms with E-state index in [1.54, 1.807) is 4.90 Å². The molecule has 0 saturated carbocycles. The van der Waals surface area contributed by atoms with Crippen LogP contribution in [0.4, 0.5) is 5.95 Å². The highest BCUT2D eigenvalue weighted by Gasteiger charge is 2.27. The SMILES string of the molecule is CC(C)=CCn1c(N2CCCC(N)C2)nc2c1c(=O)n(C)c(=O)n2CC(=O)N1CCCCC1. The first-order valence-electron chi connectivity index (χ1n) is 11.9. The van der Waals surface area contributed by atoms with Crippen molar-refractivity contribution in [2.24, 2.45) is 12.8 Å². The van der Waals surface area contributed by atoms with Crippen LogP contribution in [0.25, 0.3) is 11.2 Å². The van der Waals surface area contributed by atoms with Crippen molar-refractivity contribution in [1.29, 1.82) is 0 Å². The number of aromatic nitrogens is 4. The lowest BCUT2D eigenvalue weighted by Gasteiger charge is -2.31. The van der Waals surface area contributed by atoms with Crippen molar-refractivity contribution in [3.8, 4) is 0 Å². The number of nitrogens with zero attached hydrogens (tertiary/aromatic N) is 6. The summed E-state index contributed by atoms with van der Waals surface area (Å²) < 4.78 is 4.31. The topological polar surface area (TPSA) is 111 Å². The fraction of sp³-hybridized carbons (Fsp3) is 0.652. The number of carbonyl (C=O) groups is 1. The molecule has 1 atom stereocenters. The number of nitrogens with two attached hydrogens (primary N) is 1. The maximum Gasteiger partial charge on any atom is 0.332 e. The molecule has 0 bridgehead atoms. The van der Waals surface area contributed by atoms with Crippen LogP contribution in [-0.2, 0) is 24.9 Å². The highest BCUT2D eigenvalue weighted by Crippen LogP contribution is 2.23. The second-order valence-electron chi connectivity index (χ2n) is 9.50. The number of carbonyl (C=O) groups excluding carboxylic acids is 1. The van der Waals surface area contributed by atoms with Gasteiger partial charge in [-0.1, -0.05) is 11.6 Å². The molecule has 180 valence electrons. The Morgan fingerprint density at radius 2 is 1.82 bits per heavy atom. The van der Waals surface area contributed by atoms with Crippen molar-refractivity contribution < 1.29 is 4.79 Å². The van der Waals surface area contributed by atoms with E-state index in [0.717, 1.165) is 48.8 Å². The molecule has 2 fully saturated rings. The summed E-state index contributed by atoms with van der Waals surface area (Å²) in [6, 6.07) is 0.0289. The minimum Gasteiger partial charge on any atom is -0.341 e. The fourth-order valence-electron chi connectivity index (χ4n) is 4.75. The van der Waals surface area contributed by atoms with Gasteiger partial charge in [-0.2, -0.15) is 4.98 Å². The van der Waals surface area contributed by atoms with Crippen molar-refractivity contribution in [3.63, 3.8) is 0 Å². The van der Waals surface area contributed by atoms with Crippen molar-refractivity contribution in [3.05, 3.63) is 32.5 Å². The Morgan fingerprint density at radius 1 is 1.09 bits per heavy atom. The van der Waals surface area contributed by atoms with E-state index in [0.29, 0.717) is 37.6 Å². The molecular weight excluding hydrogens is 422 g/mol. The number of piperidine rings is 2. The predicted molar refractivity (Wildman–Crippen MR) is 129 cm³/mol. The summed E-state index contributed by atoms with van der Waals surface area (Å²) in [6.45, 7) is 7.15. The summed E-state index contributed by atoms with van der Waals surface area (Å²) in [5, 5.41) is 0. The van der Waals surface area contributed by atoms with Crippen LogP contribution in [0.15, 0.2) is 21.2 Å². The van der Waals surface area contributed by atoms with E-state index < -0.39 is 11.2 Å². The third-order valence-corrected chi connectivity index (χ3v) is 6.63. The molecule has 4 rings (SSSR count). The van der Waals surface area contributed by atoms with Gasteiger partial charge in [-0.15, -0.1) is 0 Å². The Morgan fingerprint density at radius 3 is 2.48 bits per heavy atom. The number of amides is 1. The molecule has 2 aromatic rings. The monoisotopic (exact) mass is 457 g/mol. The zero-order valence-electron chi connectivity index (χ0n) is 19.9. The first-order valence-corrected chi connectivity index (χ1v) is 11.9. The standard InChI is InChI=1S/C23H35N7O3/c1-16(2)9-13-29-19-20(25-22(29)28-12-7-8-17(24)14-28)30(23(33)26(3)21(19)32)15-18(31)27-10-5-4-6-11-27/h9,17H,4-8,10-15,24H2,1-3H3. The van der Waals surface area contributed by atoms with Gasteiger partial charge in [0, 0.05) is 45.8 Å². The van der Waals surface area contributed by atoms with E-state index in [9.17, 15) is 14.4 Å². The second kappa shape index (κ2) is 9.54. The van der Waals surface area contributed by atoms with E-state index in [2.05, 4.69) is 4.90 Å². The average molecular weight is 458 g/mol. The van der Waals surface area contributed by atoms with Crippen LogP contribution in [0.2, 0.25) is 0 Å². The molecule has 0 aliphatic carbocycles. The predicted octanol–water partition coefficient (Wildman–Crippen LogP) is 0.803. The van der Waals surface area contributed by atoms with Crippen molar-refractivity contribution in [2.75, 3.05) is 31.1 Å². The number of hydrogen-bond acceptors (Lipinski definition) is 6. The summed E-state index contributed by atoms with van der Waals surface area (Å²) in [4.78, 5) is 48.0. The lowest BCUT2D eigenvalue weighted by Crippen LogP contribution is -2.44. The summed E-state index contributed by atoms with van der Waals surface area (Å²) in [6.07, 6.45) is 6.97. The first-order chi connectivity index (χ1) is 15.8. The van der Waals surface area contributed by atoms with Crippen LogP contribution in [-0.4, -0.2) is 61.7 Å². The molecule has 33 heavy (non-hydrogen) atoms. The number of hydrogen-bond donors (Lipinski definition) is 1. The van der Waals surface area contributed by atoms with Crippen LogP contribution in [0.1, 0.15) is 46.0 Å². The van der Waals surface area contributed by atoms with Gasteiger partial charge in [-0.3, -0.25) is 18.7 Å². The largest absolute Gasteiger partial charge is 0.341 e. The van der Waals surface area contributed by atoms with Gasteiger partial charge in [-0.25, -0.2) is 4.79 Å². The quantitative estimate of drug-likeness (QED) is 0.665. The van der Waals surface area contributed by atoms with Gasteiger partial charge in [0.1, 0.15) is 6.54 Å². The van der Waals surface area contributed by atoms with Crippen LogP contribution in [0.5, 0.6) is 0 Å². The third kappa shape index (κ3) is 4.62. The molecule has 2 N–H and O–H groups in total. The summed E-state index contributed by atoms with van der Waals surface area (Å²) in [7, 11) is 1.46. The van der Waals surface area contributed by atoms with Gasteiger partial charge in [0.2, 0.25) is 11.9 Å². The Kier molecular flexibility index (Phi) is 6.73. The summed E-state index contributed by atoms with van der Waals surface area (Å²) in [5.74, 6) is 0.511. The highest BCUT2D eigenvalue weighted by molar-refractivity contribution is 5.80. The summed E-state index contributed by atoms with van der Waals surface area (Å²) in [5.41, 5.74) is 7.02. The number of likely N-dealkylation sites (tertiary alicyclic amines) is 1. The van der Waals surface area contributed by atoms with Crippen molar-refractivity contribution >= 4 is 23.0 Å². The van der Waals surface area contributed by atoms with E-state index >= 15 is 0 Å². The minimum absolute atomic E-state index is 0.0289. The average Bonchev–Trinajstić information content (AvgIpc) is 3.19. The van der Waals surface area contributed by atoms with E-state index in [1.165, 1.54) is 11.6 Å². The van der Waals surface area contributed by atoms with Crippen molar-refractivity contribution in [1.82, 2.24) is 23.6 Å². The Balaban J connectivity index is 1.87. The fourth-order valence-corrected chi connectivity index (χ4v) is 4.75. The van der Waals surface area contributed by atoms with Crippen LogP contribution < -0.4 is 21.9 Å². The number of anilines is 1. The lowest BCUT2D eigenvalue weighted by molar-refractivity contribution is -0.132. The lowest BCUT2D eigenvalue weighted by atomic mass is 10.1. The maximum absolute atomic E-state index is 13.2. The van der Waals surface area contributed by atoms with Crippen LogP contribution >= 0.6 is 0 Å². The second-order valence-corrected chi connectivity index (χ2v) is 9.50. The normalized spacial score (nSPS) is 19.2. The molecule has 0 spiro atoms. The molecule has 0 radical (unpaired) electrons. The summed E-state index contributed by atoms with van der Waals surface area (Å²) >= 11 is 0. The molecular formula is C23H35N7O3. The van der Waals surface area contributed by atoms with Crippen LogP contribution in [0.3, 0.4) is 0 Å². The molecule has 0 aromatic carbocycles. The maximum atomic E-state index is 13.2. The number of rotatable bonds is 5. The minimum atomic E-state index is -0.522. The van der Waals surface area contributed by atoms with Gasteiger partial charge in [0.15, 0.2) is 11.2 Å². The van der Waals surface area contributed by atoms with Gasteiger partial charge in [0.25, 0.3) is 5.56 Å². The van der Waals surface area contributed by atoms with Crippen LogP contribution in [0, 0.1) is 0 Å². The molecule has 2 aliphatic rings. The van der Waals surface area contributed by atoms with Gasteiger partial charge >= 0.3 is 5.69 Å².